The third-order valence-corrected chi connectivity index (χ3v) is 5.14. The van der Waals surface area contributed by atoms with Crippen LogP contribution in [0.25, 0.3) is 0 Å². The van der Waals surface area contributed by atoms with Crippen LogP contribution in [0.4, 0.5) is 5.95 Å². The van der Waals surface area contributed by atoms with E-state index in [9.17, 15) is 0 Å². The number of aryl methyl sites for hydroxylation is 3. The van der Waals surface area contributed by atoms with Gasteiger partial charge < -0.3 is 5.32 Å². The molecule has 27 heavy (non-hydrogen) atoms. The summed E-state index contributed by atoms with van der Waals surface area (Å²) in [5.74, 6) is 0.635. The zero-order valence-corrected chi connectivity index (χ0v) is 16.2. The highest BCUT2D eigenvalue weighted by Crippen LogP contribution is 2.22. The molecule has 6 nitrogen and oxygen atoms in total. The molecule has 1 aromatic carbocycles. The molecule has 2 aromatic heterocycles. The molecule has 0 spiro atoms. The SMILES string of the molecule is Cc1cc(C)c(CN2CCn3nc(CNc4ncccn4)cc3C2)c(C)c1. The van der Waals surface area contributed by atoms with E-state index < -0.39 is 0 Å². The molecule has 3 heterocycles. The second-order valence-corrected chi connectivity index (χ2v) is 7.36. The first-order valence-electron chi connectivity index (χ1n) is 9.44. The fourth-order valence-electron chi connectivity index (χ4n) is 3.84. The van der Waals surface area contributed by atoms with Gasteiger partial charge in [-0.1, -0.05) is 17.7 Å². The Hall–Kier alpha value is -2.73. The Morgan fingerprint density at radius 2 is 1.74 bits per heavy atom. The Labute approximate surface area is 160 Å². The quantitative estimate of drug-likeness (QED) is 0.755. The van der Waals surface area contributed by atoms with Gasteiger partial charge in [0.25, 0.3) is 0 Å². The molecule has 0 saturated heterocycles. The van der Waals surface area contributed by atoms with Gasteiger partial charge in [0.1, 0.15) is 0 Å². The fourth-order valence-corrected chi connectivity index (χ4v) is 3.84. The first-order chi connectivity index (χ1) is 13.1. The number of hydrogen-bond acceptors (Lipinski definition) is 5. The van der Waals surface area contributed by atoms with E-state index in [-0.39, 0.29) is 0 Å². The smallest absolute Gasteiger partial charge is 0.222 e. The van der Waals surface area contributed by atoms with Gasteiger partial charge in [0, 0.05) is 32.0 Å². The Morgan fingerprint density at radius 3 is 2.48 bits per heavy atom. The van der Waals surface area contributed by atoms with Crippen molar-refractivity contribution >= 4 is 5.95 Å². The molecule has 4 rings (SSSR count). The molecule has 0 unspecified atom stereocenters. The van der Waals surface area contributed by atoms with Crippen LogP contribution in [0.15, 0.2) is 36.7 Å². The molecule has 0 aliphatic carbocycles. The van der Waals surface area contributed by atoms with Gasteiger partial charge in [-0.15, -0.1) is 0 Å². The number of benzene rings is 1. The number of anilines is 1. The summed E-state index contributed by atoms with van der Waals surface area (Å²) in [5, 5.41) is 7.96. The van der Waals surface area contributed by atoms with Crippen LogP contribution in [0.2, 0.25) is 0 Å². The third-order valence-electron chi connectivity index (χ3n) is 5.14. The van der Waals surface area contributed by atoms with Gasteiger partial charge in [-0.3, -0.25) is 9.58 Å². The molecule has 0 amide bonds. The Kier molecular flexibility index (Phi) is 4.90. The van der Waals surface area contributed by atoms with E-state index in [1.165, 1.54) is 27.9 Å². The maximum Gasteiger partial charge on any atom is 0.222 e. The summed E-state index contributed by atoms with van der Waals surface area (Å²) < 4.78 is 2.13. The van der Waals surface area contributed by atoms with Crippen molar-refractivity contribution in [1.29, 1.82) is 0 Å². The lowest BCUT2D eigenvalue weighted by Gasteiger charge is -2.28. The minimum absolute atomic E-state index is 0.635. The van der Waals surface area contributed by atoms with Crippen molar-refractivity contribution in [3.05, 3.63) is 70.3 Å². The van der Waals surface area contributed by atoms with Gasteiger partial charge in [-0.05, 0) is 49.6 Å². The molecule has 0 fully saturated rings. The second kappa shape index (κ2) is 7.48. The molecule has 0 saturated carbocycles. The van der Waals surface area contributed by atoms with Gasteiger partial charge in [0.15, 0.2) is 0 Å². The molecule has 0 radical (unpaired) electrons. The number of nitrogens with one attached hydrogen (secondary N) is 1. The monoisotopic (exact) mass is 362 g/mol. The minimum atomic E-state index is 0.635. The van der Waals surface area contributed by atoms with Crippen LogP contribution >= 0.6 is 0 Å². The maximum absolute atomic E-state index is 4.73. The molecule has 3 aromatic rings. The van der Waals surface area contributed by atoms with Crippen LogP contribution in [0, 0.1) is 20.8 Å². The summed E-state index contributed by atoms with van der Waals surface area (Å²) in [6.45, 7) is 11.1. The summed E-state index contributed by atoms with van der Waals surface area (Å²) in [6, 6.07) is 8.57. The van der Waals surface area contributed by atoms with Crippen molar-refractivity contribution in [2.45, 2.75) is 47.0 Å². The van der Waals surface area contributed by atoms with E-state index >= 15 is 0 Å². The normalized spacial score (nSPS) is 14.2. The van der Waals surface area contributed by atoms with Gasteiger partial charge >= 0.3 is 0 Å². The minimum Gasteiger partial charge on any atom is -0.348 e. The Bertz CT molecular complexity index is 908. The van der Waals surface area contributed by atoms with Crippen LogP contribution in [0.3, 0.4) is 0 Å². The molecule has 0 bridgehead atoms. The summed E-state index contributed by atoms with van der Waals surface area (Å²) in [6.07, 6.45) is 3.47. The van der Waals surface area contributed by atoms with E-state index in [1.54, 1.807) is 12.4 Å². The molecule has 1 aliphatic heterocycles. The van der Waals surface area contributed by atoms with E-state index in [0.717, 1.165) is 31.9 Å². The molecule has 6 heteroatoms. The lowest BCUT2D eigenvalue weighted by molar-refractivity contribution is 0.204. The first kappa shape index (κ1) is 17.7. The Balaban J connectivity index is 1.42. The number of nitrogens with zero attached hydrogens (tertiary/aromatic N) is 5. The lowest BCUT2D eigenvalue weighted by atomic mass is 9.99. The van der Waals surface area contributed by atoms with Gasteiger partial charge in [0.05, 0.1) is 24.5 Å². The van der Waals surface area contributed by atoms with E-state index in [4.69, 9.17) is 5.10 Å². The summed E-state index contributed by atoms with van der Waals surface area (Å²) >= 11 is 0. The fraction of sp³-hybridized carbons (Fsp3) is 0.381. The van der Waals surface area contributed by atoms with Crippen LogP contribution in [0.5, 0.6) is 0 Å². The van der Waals surface area contributed by atoms with Crippen LogP contribution in [-0.2, 0) is 26.2 Å². The summed E-state index contributed by atoms with van der Waals surface area (Å²) in [5.41, 5.74) is 7.87. The first-order valence-corrected chi connectivity index (χ1v) is 9.44. The highest BCUT2D eigenvalue weighted by molar-refractivity contribution is 5.37. The largest absolute Gasteiger partial charge is 0.348 e. The van der Waals surface area contributed by atoms with Gasteiger partial charge in [-0.2, -0.15) is 5.10 Å². The van der Waals surface area contributed by atoms with Crippen molar-refractivity contribution in [2.24, 2.45) is 0 Å². The molecule has 1 N–H and O–H groups in total. The van der Waals surface area contributed by atoms with E-state index in [1.807, 2.05) is 6.07 Å². The molecule has 1 aliphatic rings. The van der Waals surface area contributed by atoms with E-state index in [0.29, 0.717) is 12.5 Å². The lowest BCUT2D eigenvalue weighted by Crippen LogP contribution is -2.33. The highest BCUT2D eigenvalue weighted by Gasteiger charge is 2.19. The number of hydrogen-bond donors (Lipinski definition) is 1. The summed E-state index contributed by atoms with van der Waals surface area (Å²) in [7, 11) is 0. The predicted molar refractivity (Wildman–Crippen MR) is 106 cm³/mol. The average Bonchev–Trinajstić information content (AvgIpc) is 3.06. The standard InChI is InChI=1S/C21H26N6/c1-15-9-16(2)20(17(3)10-15)14-26-7-8-27-19(13-26)11-18(25-27)12-24-21-22-5-4-6-23-21/h4-6,9-11H,7-8,12-14H2,1-3H3,(H,22,23,24). The average molecular weight is 362 g/mol. The van der Waals surface area contributed by atoms with Crippen LogP contribution < -0.4 is 5.32 Å². The zero-order valence-electron chi connectivity index (χ0n) is 16.2. The molecular weight excluding hydrogens is 336 g/mol. The zero-order chi connectivity index (χ0) is 18.8. The topological polar surface area (TPSA) is 58.9 Å². The molecule has 0 atom stereocenters. The van der Waals surface area contributed by atoms with Gasteiger partial charge in [0.2, 0.25) is 5.95 Å². The number of fused-ring (bicyclic) bond motifs is 1. The van der Waals surface area contributed by atoms with Crippen molar-refractivity contribution in [3.8, 4) is 0 Å². The predicted octanol–water partition coefficient (Wildman–Crippen LogP) is 3.23. The summed E-state index contributed by atoms with van der Waals surface area (Å²) in [4.78, 5) is 10.9. The van der Waals surface area contributed by atoms with Crippen LogP contribution in [-0.4, -0.2) is 31.2 Å². The van der Waals surface area contributed by atoms with E-state index in [2.05, 4.69) is 63.8 Å². The highest BCUT2D eigenvalue weighted by atomic mass is 15.3. The second-order valence-electron chi connectivity index (χ2n) is 7.36. The van der Waals surface area contributed by atoms with Crippen LogP contribution in [0.1, 0.15) is 33.6 Å². The maximum atomic E-state index is 4.73. The molecule has 140 valence electrons. The number of rotatable bonds is 5. The molecular formula is C21H26N6. The Morgan fingerprint density at radius 1 is 1.00 bits per heavy atom. The van der Waals surface area contributed by atoms with Crippen molar-refractivity contribution in [2.75, 3.05) is 11.9 Å². The number of aromatic nitrogens is 4. The van der Waals surface area contributed by atoms with Crippen molar-refractivity contribution < 1.29 is 0 Å². The van der Waals surface area contributed by atoms with Crippen molar-refractivity contribution in [3.63, 3.8) is 0 Å². The third kappa shape index (κ3) is 4.01. The van der Waals surface area contributed by atoms with Crippen molar-refractivity contribution in [1.82, 2.24) is 24.6 Å². The van der Waals surface area contributed by atoms with Gasteiger partial charge in [-0.25, -0.2) is 9.97 Å².